The maximum atomic E-state index is 5.27. The summed E-state index contributed by atoms with van der Waals surface area (Å²) in [6.07, 6.45) is 2.49. The highest BCUT2D eigenvalue weighted by atomic mass is 79.9. The molecule has 1 fully saturated rings. The van der Waals surface area contributed by atoms with Crippen LogP contribution in [0.2, 0.25) is 0 Å². The Morgan fingerprint density at radius 2 is 2.32 bits per heavy atom. The number of halogens is 1. The quantitative estimate of drug-likeness (QED) is 0.916. The Kier molecular flexibility index (Phi) is 3.52. The highest BCUT2D eigenvalue weighted by molar-refractivity contribution is 9.10. The molecule has 2 aromatic rings. The minimum atomic E-state index is 0.524. The summed E-state index contributed by atoms with van der Waals surface area (Å²) < 4.78 is 11.3. The first-order valence-electron chi connectivity index (χ1n) is 6.16. The molecule has 0 saturated heterocycles. The number of ether oxygens (including phenoxy) is 1. The number of hydrogen-bond acceptors (Lipinski definition) is 5. The van der Waals surface area contributed by atoms with Crippen molar-refractivity contribution in [1.82, 2.24) is 15.5 Å². The fourth-order valence-corrected chi connectivity index (χ4v) is 2.31. The Morgan fingerprint density at radius 3 is 3.00 bits per heavy atom. The van der Waals surface area contributed by atoms with E-state index in [9.17, 15) is 0 Å². The molecular formula is C13H14BrN3O2. The first-order chi connectivity index (χ1) is 9.26. The number of nitrogens with one attached hydrogen (secondary N) is 1. The predicted molar refractivity (Wildman–Crippen MR) is 73.8 cm³/mol. The highest BCUT2D eigenvalue weighted by Crippen LogP contribution is 2.29. The van der Waals surface area contributed by atoms with Crippen LogP contribution in [0.1, 0.15) is 18.7 Å². The number of rotatable bonds is 5. The summed E-state index contributed by atoms with van der Waals surface area (Å²) in [5.74, 6) is 1.99. The van der Waals surface area contributed by atoms with E-state index in [0.29, 0.717) is 24.3 Å². The molecule has 0 atom stereocenters. The molecule has 0 aliphatic heterocycles. The van der Waals surface area contributed by atoms with Gasteiger partial charge in [0.25, 0.3) is 5.89 Å². The molecule has 6 heteroatoms. The van der Waals surface area contributed by atoms with E-state index in [1.54, 1.807) is 7.11 Å². The summed E-state index contributed by atoms with van der Waals surface area (Å²) >= 11 is 3.44. The van der Waals surface area contributed by atoms with E-state index in [0.717, 1.165) is 15.8 Å². The molecule has 1 saturated carbocycles. The number of methoxy groups -OCH3 is 1. The monoisotopic (exact) mass is 323 g/mol. The smallest absolute Gasteiger partial charge is 0.258 e. The Bertz CT molecular complexity index is 581. The predicted octanol–water partition coefficient (Wildman–Crippen LogP) is 2.76. The molecule has 0 spiro atoms. The fraction of sp³-hybridized carbons (Fsp3) is 0.385. The summed E-state index contributed by atoms with van der Waals surface area (Å²) in [7, 11) is 1.63. The zero-order valence-electron chi connectivity index (χ0n) is 10.5. The van der Waals surface area contributed by atoms with Crippen molar-refractivity contribution in [1.29, 1.82) is 0 Å². The van der Waals surface area contributed by atoms with Gasteiger partial charge >= 0.3 is 0 Å². The molecule has 1 heterocycles. The average Bonchev–Trinajstić information content (AvgIpc) is 3.13. The molecule has 5 nitrogen and oxygen atoms in total. The molecule has 1 N–H and O–H groups in total. The van der Waals surface area contributed by atoms with E-state index in [1.165, 1.54) is 12.8 Å². The fourth-order valence-electron chi connectivity index (χ4n) is 1.77. The van der Waals surface area contributed by atoms with Crippen molar-refractivity contribution in [3.05, 3.63) is 28.5 Å². The van der Waals surface area contributed by atoms with Crippen molar-refractivity contribution in [3.8, 4) is 17.2 Å². The molecule has 1 aliphatic carbocycles. The molecule has 1 aromatic heterocycles. The Balaban J connectivity index is 1.75. The third-order valence-corrected chi connectivity index (χ3v) is 3.61. The number of hydrogen-bond donors (Lipinski definition) is 1. The van der Waals surface area contributed by atoms with Crippen LogP contribution in [0.15, 0.2) is 27.2 Å². The zero-order valence-corrected chi connectivity index (χ0v) is 12.1. The third-order valence-electron chi connectivity index (χ3n) is 2.99. The van der Waals surface area contributed by atoms with Crippen LogP contribution in [0.25, 0.3) is 11.5 Å². The van der Waals surface area contributed by atoms with Gasteiger partial charge in [-0.05, 0) is 47.0 Å². The molecule has 100 valence electrons. The van der Waals surface area contributed by atoms with Gasteiger partial charge in [-0.15, -0.1) is 0 Å². The summed E-state index contributed by atoms with van der Waals surface area (Å²) in [4.78, 5) is 4.37. The first kappa shape index (κ1) is 12.6. The van der Waals surface area contributed by atoms with E-state index >= 15 is 0 Å². The number of aromatic nitrogens is 2. The summed E-state index contributed by atoms with van der Waals surface area (Å²) in [6.45, 7) is 0.658. The van der Waals surface area contributed by atoms with Gasteiger partial charge in [0.1, 0.15) is 5.75 Å². The van der Waals surface area contributed by atoms with Crippen molar-refractivity contribution >= 4 is 15.9 Å². The van der Waals surface area contributed by atoms with Gasteiger partial charge in [0.15, 0.2) is 5.82 Å². The van der Waals surface area contributed by atoms with Gasteiger partial charge in [0.05, 0.1) is 18.1 Å². The van der Waals surface area contributed by atoms with Gasteiger partial charge in [0.2, 0.25) is 0 Å². The van der Waals surface area contributed by atoms with E-state index in [-0.39, 0.29) is 0 Å². The van der Waals surface area contributed by atoms with Crippen molar-refractivity contribution in [3.63, 3.8) is 0 Å². The van der Waals surface area contributed by atoms with Crippen LogP contribution < -0.4 is 10.1 Å². The van der Waals surface area contributed by atoms with Gasteiger partial charge in [-0.2, -0.15) is 4.98 Å². The number of benzene rings is 1. The van der Waals surface area contributed by atoms with Crippen molar-refractivity contribution < 1.29 is 9.26 Å². The molecule has 1 aromatic carbocycles. The molecule has 0 unspecified atom stereocenters. The second-order valence-corrected chi connectivity index (χ2v) is 5.37. The minimum absolute atomic E-state index is 0.524. The maximum Gasteiger partial charge on any atom is 0.258 e. The zero-order chi connectivity index (χ0) is 13.2. The lowest BCUT2D eigenvalue weighted by molar-refractivity contribution is 0.411. The largest absolute Gasteiger partial charge is 0.496 e. The third kappa shape index (κ3) is 2.96. The van der Waals surface area contributed by atoms with Crippen LogP contribution in [-0.4, -0.2) is 23.3 Å². The standard InChI is InChI=1S/C13H14BrN3O2/c1-18-11-5-2-8(6-10(11)14)13-16-12(17-19-13)7-15-9-3-4-9/h2,5-6,9,15H,3-4,7H2,1H3. The molecule has 0 bridgehead atoms. The van der Waals surface area contributed by atoms with Gasteiger partial charge in [-0.25, -0.2) is 0 Å². The lowest BCUT2D eigenvalue weighted by Crippen LogP contribution is -2.16. The normalized spacial score (nSPS) is 14.6. The summed E-state index contributed by atoms with van der Waals surface area (Å²) in [6, 6.07) is 6.31. The van der Waals surface area contributed by atoms with Gasteiger partial charge < -0.3 is 14.6 Å². The second kappa shape index (κ2) is 5.30. The molecule has 0 radical (unpaired) electrons. The van der Waals surface area contributed by atoms with E-state index in [4.69, 9.17) is 9.26 Å². The minimum Gasteiger partial charge on any atom is -0.496 e. The number of nitrogens with zero attached hydrogens (tertiary/aromatic N) is 2. The van der Waals surface area contributed by atoms with E-state index < -0.39 is 0 Å². The molecule has 19 heavy (non-hydrogen) atoms. The van der Waals surface area contributed by atoms with Crippen molar-refractivity contribution in [2.75, 3.05) is 7.11 Å². The maximum absolute atomic E-state index is 5.27. The molecule has 1 aliphatic rings. The van der Waals surface area contributed by atoms with Crippen LogP contribution in [0, 0.1) is 0 Å². The Hall–Kier alpha value is -1.40. The topological polar surface area (TPSA) is 60.2 Å². The van der Waals surface area contributed by atoms with Crippen LogP contribution in [0.4, 0.5) is 0 Å². The Morgan fingerprint density at radius 1 is 1.47 bits per heavy atom. The van der Waals surface area contributed by atoms with Crippen molar-refractivity contribution in [2.24, 2.45) is 0 Å². The van der Waals surface area contributed by atoms with E-state index in [1.807, 2.05) is 18.2 Å². The Labute approximate surface area is 119 Å². The van der Waals surface area contributed by atoms with Crippen molar-refractivity contribution in [2.45, 2.75) is 25.4 Å². The SMILES string of the molecule is COc1ccc(-c2nc(CNC3CC3)no2)cc1Br. The second-order valence-electron chi connectivity index (χ2n) is 4.52. The highest BCUT2D eigenvalue weighted by Gasteiger charge is 2.21. The lowest BCUT2D eigenvalue weighted by atomic mass is 10.2. The molecular weight excluding hydrogens is 310 g/mol. The van der Waals surface area contributed by atoms with Crippen LogP contribution in [0.5, 0.6) is 5.75 Å². The summed E-state index contributed by atoms with van der Waals surface area (Å²) in [5.41, 5.74) is 0.873. The first-order valence-corrected chi connectivity index (χ1v) is 6.95. The molecule has 3 rings (SSSR count). The van der Waals surface area contributed by atoms with Gasteiger partial charge in [-0.1, -0.05) is 5.16 Å². The lowest BCUT2D eigenvalue weighted by Gasteiger charge is -2.03. The van der Waals surface area contributed by atoms with Crippen LogP contribution in [-0.2, 0) is 6.54 Å². The van der Waals surface area contributed by atoms with Crippen LogP contribution in [0.3, 0.4) is 0 Å². The summed E-state index contributed by atoms with van der Waals surface area (Å²) in [5, 5.41) is 7.32. The average molecular weight is 324 g/mol. The van der Waals surface area contributed by atoms with E-state index in [2.05, 4.69) is 31.4 Å². The van der Waals surface area contributed by atoms with Gasteiger partial charge in [-0.3, -0.25) is 0 Å². The molecule has 0 amide bonds. The van der Waals surface area contributed by atoms with Gasteiger partial charge in [0, 0.05) is 11.6 Å². The van der Waals surface area contributed by atoms with Crippen LogP contribution >= 0.6 is 15.9 Å².